The fraction of sp³-hybridized carbons (Fsp3) is 0.263. The predicted molar refractivity (Wildman–Crippen MR) is 108 cm³/mol. The van der Waals surface area contributed by atoms with Crippen molar-refractivity contribution in [1.82, 2.24) is 9.55 Å². The number of aryl methyl sites for hydroxylation is 1. The highest BCUT2D eigenvalue weighted by Gasteiger charge is 2.23. The number of ether oxygens (including phenoxy) is 2. The Morgan fingerprint density at radius 1 is 1.24 bits per heavy atom. The van der Waals surface area contributed by atoms with Gasteiger partial charge in [-0.05, 0) is 31.5 Å². The molecule has 3 aromatic rings. The predicted octanol–water partition coefficient (Wildman–Crippen LogP) is 2.68. The van der Waals surface area contributed by atoms with Crippen LogP contribution in [0.2, 0.25) is 0 Å². The number of methoxy groups -OCH3 is 2. The Morgan fingerprint density at radius 2 is 1.93 bits per heavy atom. The molecule has 3 rings (SSSR count). The second-order valence-corrected chi connectivity index (χ2v) is 7.23. The van der Waals surface area contributed by atoms with E-state index in [0.29, 0.717) is 27.6 Å². The number of anilines is 1. The van der Waals surface area contributed by atoms with E-state index >= 15 is 0 Å². The van der Waals surface area contributed by atoms with E-state index in [1.165, 1.54) is 25.1 Å². The number of nitrogens with zero attached hydrogens (tertiary/aromatic N) is 2. The van der Waals surface area contributed by atoms with Crippen LogP contribution in [-0.2, 0) is 4.79 Å². The molecule has 9 nitrogen and oxygen atoms in total. The van der Waals surface area contributed by atoms with E-state index in [-0.39, 0.29) is 10.3 Å². The molecule has 0 spiro atoms. The van der Waals surface area contributed by atoms with E-state index in [9.17, 15) is 19.5 Å². The van der Waals surface area contributed by atoms with Crippen molar-refractivity contribution in [3.05, 3.63) is 45.3 Å². The van der Waals surface area contributed by atoms with Crippen LogP contribution in [0.15, 0.2) is 29.3 Å². The highest BCUT2D eigenvalue weighted by Crippen LogP contribution is 2.30. The molecule has 1 aromatic carbocycles. The zero-order valence-electron chi connectivity index (χ0n) is 16.2. The molecule has 152 valence electrons. The minimum absolute atomic E-state index is 0.0600. The minimum Gasteiger partial charge on any atom is -0.493 e. The summed E-state index contributed by atoms with van der Waals surface area (Å²) in [7, 11) is 3.00. The van der Waals surface area contributed by atoms with Gasteiger partial charge in [-0.1, -0.05) is 0 Å². The normalized spacial score (nSPS) is 11.9. The Morgan fingerprint density at radius 3 is 2.55 bits per heavy atom. The van der Waals surface area contributed by atoms with Gasteiger partial charge in [0.1, 0.15) is 15.7 Å². The van der Waals surface area contributed by atoms with E-state index in [1.807, 2.05) is 0 Å². The first-order chi connectivity index (χ1) is 13.8. The summed E-state index contributed by atoms with van der Waals surface area (Å²) in [5.74, 6) is -0.581. The summed E-state index contributed by atoms with van der Waals surface area (Å²) in [6.07, 6.45) is 1.26. The number of rotatable bonds is 6. The summed E-state index contributed by atoms with van der Waals surface area (Å²) in [4.78, 5) is 41.5. The lowest BCUT2D eigenvalue weighted by atomic mass is 10.2. The Bertz CT molecular complexity index is 1170. The molecular formula is C19H19N3O6S. The number of carboxylic acid groups (broad SMARTS) is 1. The summed E-state index contributed by atoms with van der Waals surface area (Å²) >= 11 is 0.935. The number of nitrogens with one attached hydrogen (secondary N) is 1. The van der Waals surface area contributed by atoms with Gasteiger partial charge in [-0.2, -0.15) is 0 Å². The number of hydrogen-bond donors (Lipinski definition) is 2. The molecule has 2 heterocycles. The van der Waals surface area contributed by atoms with Gasteiger partial charge in [0.25, 0.3) is 5.56 Å². The molecule has 1 unspecified atom stereocenters. The van der Waals surface area contributed by atoms with Gasteiger partial charge in [-0.15, -0.1) is 11.3 Å². The number of carbonyl (C=O) groups excluding carboxylic acids is 1. The summed E-state index contributed by atoms with van der Waals surface area (Å²) in [5.41, 5.74) is 0.351. The van der Waals surface area contributed by atoms with Gasteiger partial charge in [-0.25, -0.2) is 9.78 Å². The van der Waals surface area contributed by atoms with Gasteiger partial charge in [-0.3, -0.25) is 14.2 Å². The van der Waals surface area contributed by atoms with Crippen LogP contribution in [0.3, 0.4) is 0 Å². The second-order valence-electron chi connectivity index (χ2n) is 6.23. The topological polar surface area (TPSA) is 120 Å². The molecule has 29 heavy (non-hydrogen) atoms. The van der Waals surface area contributed by atoms with E-state index in [2.05, 4.69) is 10.3 Å². The third-order valence-corrected chi connectivity index (χ3v) is 5.71. The fourth-order valence-corrected chi connectivity index (χ4v) is 3.88. The van der Waals surface area contributed by atoms with Crippen LogP contribution in [0.1, 0.15) is 28.2 Å². The van der Waals surface area contributed by atoms with Crippen molar-refractivity contribution in [2.24, 2.45) is 0 Å². The average Bonchev–Trinajstić information content (AvgIpc) is 3.05. The zero-order chi connectivity index (χ0) is 21.3. The first-order valence-corrected chi connectivity index (χ1v) is 9.36. The number of aromatic carboxylic acids is 1. The Kier molecular flexibility index (Phi) is 5.55. The summed E-state index contributed by atoms with van der Waals surface area (Å²) in [5, 5.41) is 12.2. The maximum Gasteiger partial charge on any atom is 0.346 e. The summed E-state index contributed by atoms with van der Waals surface area (Å²) in [6, 6.07) is 4.04. The SMILES string of the molecule is COc1ccc(NC(=O)C(C)n2cnc3sc(C(=O)O)c(C)c3c2=O)cc1OC. The molecule has 0 bridgehead atoms. The van der Waals surface area contributed by atoms with Crippen molar-refractivity contribution in [2.45, 2.75) is 19.9 Å². The highest BCUT2D eigenvalue weighted by atomic mass is 32.1. The molecular weight excluding hydrogens is 398 g/mol. The first kappa shape index (κ1) is 20.3. The van der Waals surface area contributed by atoms with Crippen LogP contribution >= 0.6 is 11.3 Å². The van der Waals surface area contributed by atoms with Crippen molar-refractivity contribution >= 4 is 39.1 Å². The van der Waals surface area contributed by atoms with Crippen molar-refractivity contribution in [3.8, 4) is 11.5 Å². The van der Waals surface area contributed by atoms with Crippen LogP contribution in [0.25, 0.3) is 10.2 Å². The van der Waals surface area contributed by atoms with Crippen LogP contribution in [0.4, 0.5) is 5.69 Å². The maximum atomic E-state index is 12.9. The standard InChI is InChI=1S/C19H19N3O6S/c1-9-14-17(29-15(9)19(25)26)20-8-22(18(14)24)10(2)16(23)21-11-5-6-12(27-3)13(7-11)28-4/h5-8,10H,1-4H3,(H,21,23)(H,25,26). The van der Waals surface area contributed by atoms with Crippen molar-refractivity contribution < 1.29 is 24.2 Å². The molecule has 1 amide bonds. The van der Waals surface area contributed by atoms with E-state index < -0.39 is 23.5 Å². The lowest BCUT2D eigenvalue weighted by Gasteiger charge is -2.16. The lowest BCUT2D eigenvalue weighted by Crippen LogP contribution is -2.31. The number of fused-ring (bicyclic) bond motifs is 1. The molecule has 0 aliphatic heterocycles. The molecule has 0 radical (unpaired) electrons. The van der Waals surface area contributed by atoms with Crippen molar-refractivity contribution in [2.75, 3.05) is 19.5 Å². The first-order valence-electron chi connectivity index (χ1n) is 8.54. The fourth-order valence-electron chi connectivity index (χ4n) is 2.90. The van der Waals surface area contributed by atoms with Gasteiger partial charge >= 0.3 is 5.97 Å². The molecule has 1 atom stereocenters. The van der Waals surface area contributed by atoms with Gasteiger partial charge < -0.3 is 19.9 Å². The Hall–Kier alpha value is -3.40. The Labute approximate surface area is 169 Å². The maximum absolute atomic E-state index is 12.9. The van der Waals surface area contributed by atoms with Crippen LogP contribution in [-0.4, -0.2) is 40.8 Å². The number of amides is 1. The van der Waals surface area contributed by atoms with Crippen molar-refractivity contribution in [1.29, 1.82) is 0 Å². The number of benzene rings is 1. The van der Waals surface area contributed by atoms with Gasteiger partial charge in [0.05, 0.1) is 25.9 Å². The number of thiophene rings is 1. The summed E-state index contributed by atoms with van der Waals surface area (Å²) < 4.78 is 11.6. The Balaban J connectivity index is 1.93. The molecule has 2 aromatic heterocycles. The molecule has 0 saturated carbocycles. The van der Waals surface area contributed by atoms with Crippen molar-refractivity contribution in [3.63, 3.8) is 0 Å². The third-order valence-electron chi connectivity index (χ3n) is 4.52. The van der Waals surface area contributed by atoms with E-state index in [1.54, 1.807) is 32.0 Å². The molecule has 0 fully saturated rings. The quantitative estimate of drug-likeness (QED) is 0.633. The van der Waals surface area contributed by atoms with Crippen LogP contribution < -0.4 is 20.3 Å². The monoisotopic (exact) mass is 417 g/mol. The number of carbonyl (C=O) groups is 2. The molecule has 0 saturated heterocycles. The largest absolute Gasteiger partial charge is 0.493 e. The molecule has 10 heteroatoms. The van der Waals surface area contributed by atoms with Crippen LogP contribution in [0, 0.1) is 6.92 Å². The van der Waals surface area contributed by atoms with E-state index in [4.69, 9.17) is 9.47 Å². The number of hydrogen-bond acceptors (Lipinski definition) is 7. The molecule has 0 aliphatic carbocycles. The second kappa shape index (κ2) is 7.92. The molecule has 0 aliphatic rings. The number of aromatic nitrogens is 2. The summed E-state index contributed by atoms with van der Waals surface area (Å²) in [6.45, 7) is 3.12. The highest BCUT2D eigenvalue weighted by molar-refractivity contribution is 7.20. The smallest absolute Gasteiger partial charge is 0.346 e. The molecule has 2 N–H and O–H groups in total. The van der Waals surface area contributed by atoms with E-state index in [0.717, 1.165) is 11.3 Å². The average molecular weight is 417 g/mol. The third kappa shape index (κ3) is 3.66. The van der Waals surface area contributed by atoms with Gasteiger partial charge in [0.15, 0.2) is 11.5 Å². The van der Waals surface area contributed by atoms with Gasteiger partial charge in [0, 0.05) is 11.8 Å². The van der Waals surface area contributed by atoms with Crippen LogP contribution in [0.5, 0.6) is 11.5 Å². The zero-order valence-corrected chi connectivity index (χ0v) is 17.0. The number of carboxylic acids is 1. The lowest BCUT2D eigenvalue weighted by molar-refractivity contribution is -0.118. The van der Waals surface area contributed by atoms with Gasteiger partial charge in [0.2, 0.25) is 5.91 Å². The minimum atomic E-state index is -1.12.